The standard InChI is InChI=1S/C16H23N3O3/c20-15(21)12-6-8-14(9-7-12)19-16(22)18-11-3-5-13-4-1-2-10-17-13/h1-2,4,10,12,14H,3,5-9,11H2,(H,20,21)(H2,18,19,22). The molecule has 22 heavy (non-hydrogen) atoms. The topological polar surface area (TPSA) is 91.3 Å². The van der Waals surface area contributed by atoms with Gasteiger partial charge in [0.05, 0.1) is 5.92 Å². The minimum Gasteiger partial charge on any atom is -0.481 e. The van der Waals surface area contributed by atoms with Crippen molar-refractivity contribution in [2.24, 2.45) is 5.92 Å². The number of hydrogen-bond donors (Lipinski definition) is 3. The van der Waals surface area contributed by atoms with E-state index < -0.39 is 5.97 Å². The summed E-state index contributed by atoms with van der Waals surface area (Å²) in [6.45, 7) is 0.604. The molecule has 2 amide bonds. The molecule has 1 heterocycles. The summed E-state index contributed by atoms with van der Waals surface area (Å²) in [4.78, 5) is 26.9. The van der Waals surface area contributed by atoms with Crippen LogP contribution in [-0.4, -0.2) is 34.7 Å². The second-order valence-electron chi connectivity index (χ2n) is 5.71. The Morgan fingerprint density at radius 3 is 2.64 bits per heavy atom. The molecule has 3 N–H and O–H groups in total. The summed E-state index contributed by atoms with van der Waals surface area (Å²) in [7, 11) is 0. The molecule has 1 aliphatic rings. The molecular formula is C16H23N3O3. The Labute approximate surface area is 130 Å². The van der Waals surface area contributed by atoms with E-state index in [1.54, 1.807) is 6.20 Å². The Hall–Kier alpha value is -2.11. The van der Waals surface area contributed by atoms with Gasteiger partial charge in [0.25, 0.3) is 0 Å². The fourth-order valence-electron chi connectivity index (χ4n) is 2.74. The van der Waals surface area contributed by atoms with Crippen molar-refractivity contribution >= 4 is 12.0 Å². The number of nitrogens with one attached hydrogen (secondary N) is 2. The lowest BCUT2D eigenvalue weighted by Crippen LogP contribution is -2.44. The Balaban J connectivity index is 1.57. The van der Waals surface area contributed by atoms with Gasteiger partial charge < -0.3 is 15.7 Å². The lowest BCUT2D eigenvalue weighted by Gasteiger charge is -2.26. The number of rotatable bonds is 6. The Kier molecular flexibility index (Phi) is 6.18. The van der Waals surface area contributed by atoms with Gasteiger partial charge >= 0.3 is 12.0 Å². The van der Waals surface area contributed by atoms with Crippen molar-refractivity contribution in [1.82, 2.24) is 15.6 Å². The van der Waals surface area contributed by atoms with Crippen LogP contribution in [0.5, 0.6) is 0 Å². The number of carbonyl (C=O) groups is 2. The molecule has 120 valence electrons. The lowest BCUT2D eigenvalue weighted by molar-refractivity contribution is -0.142. The van der Waals surface area contributed by atoms with E-state index in [0.717, 1.165) is 31.4 Å². The fraction of sp³-hybridized carbons (Fsp3) is 0.562. The van der Waals surface area contributed by atoms with E-state index >= 15 is 0 Å². The molecule has 1 aromatic heterocycles. The summed E-state index contributed by atoms with van der Waals surface area (Å²) in [5.74, 6) is -0.975. The van der Waals surface area contributed by atoms with Crippen molar-refractivity contribution in [3.63, 3.8) is 0 Å². The van der Waals surface area contributed by atoms with Crippen molar-refractivity contribution in [1.29, 1.82) is 0 Å². The summed E-state index contributed by atoms with van der Waals surface area (Å²) in [5, 5.41) is 14.7. The predicted octanol–water partition coefficient (Wildman–Crippen LogP) is 1.96. The third kappa shape index (κ3) is 5.35. The van der Waals surface area contributed by atoms with Crippen LogP contribution in [0.3, 0.4) is 0 Å². The third-order valence-electron chi connectivity index (χ3n) is 4.03. The average Bonchev–Trinajstić information content (AvgIpc) is 2.53. The van der Waals surface area contributed by atoms with Crippen LogP contribution in [-0.2, 0) is 11.2 Å². The van der Waals surface area contributed by atoms with Gasteiger partial charge in [-0.3, -0.25) is 9.78 Å². The van der Waals surface area contributed by atoms with Gasteiger partial charge in [-0.2, -0.15) is 0 Å². The lowest BCUT2D eigenvalue weighted by atomic mass is 9.86. The predicted molar refractivity (Wildman–Crippen MR) is 82.5 cm³/mol. The molecule has 0 atom stereocenters. The monoisotopic (exact) mass is 305 g/mol. The molecule has 0 spiro atoms. The van der Waals surface area contributed by atoms with E-state index in [-0.39, 0.29) is 18.0 Å². The van der Waals surface area contributed by atoms with Crippen LogP contribution < -0.4 is 10.6 Å². The molecule has 1 aromatic rings. The fourth-order valence-corrected chi connectivity index (χ4v) is 2.74. The molecule has 6 nitrogen and oxygen atoms in total. The number of urea groups is 1. The van der Waals surface area contributed by atoms with Crippen molar-refractivity contribution in [2.75, 3.05) is 6.54 Å². The molecule has 2 rings (SSSR count). The molecule has 1 saturated carbocycles. The van der Waals surface area contributed by atoms with Gasteiger partial charge in [-0.25, -0.2) is 4.79 Å². The number of nitrogens with zero attached hydrogens (tertiary/aromatic N) is 1. The zero-order valence-corrected chi connectivity index (χ0v) is 12.6. The number of aryl methyl sites for hydroxylation is 1. The van der Waals surface area contributed by atoms with E-state index in [4.69, 9.17) is 5.11 Å². The normalized spacial score (nSPS) is 21.1. The summed E-state index contributed by atoms with van der Waals surface area (Å²) < 4.78 is 0. The molecule has 0 radical (unpaired) electrons. The van der Waals surface area contributed by atoms with E-state index in [2.05, 4.69) is 15.6 Å². The number of aromatic nitrogens is 1. The highest BCUT2D eigenvalue weighted by Crippen LogP contribution is 2.24. The van der Waals surface area contributed by atoms with Crippen LogP contribution in [0.4, 0.5) is 4.79 Å². The maximum atomic E-state index is 11.8. The quantitative estimate of drug-likeness (QED) is 0.701. The van der Waals surface area contributed by atoms with Crippen LogP contribution in [0, 0.1) is 5.92 Å². The van der Waals surface area contributed by atoms with Crippen LogP contribution >= 0.6 is 0 Å². The minimum absolute atomic E-state index is 0.0893. The first-order valence-corrected chi connectivity index (χ1v) is 7.82. The van der Waals surface area contributed by atoms with Crippen molar-refractivity contribution in [2.45, 2.75) is 44.6 Å². The average molecular weight is 305 g/mol. The second-order valence-corrected chi connectivity index (χ2v) is 5.71. The third-order valence-corrected chi connectivity index (χ3v) is 4.03. The van der Waals surface area contributed by atoms with Crippen molar-refractivity contribution in [3.8, 4) is 0 Å². The summed E-state index contributed by atoms with van der Waals surface area (Å²) in [6.07, 6.45) is 6.19. The van der Waals surface area contributed by atoms with Gasteiger partial charge in [0.15, 0.2) is 0 Å². The van der Waals surface area contributed by atoms with Gasteiger partial charge in [-0.15, -0.1) is 0 Å². The molecule has 1 fully saturated rings. The van der Waals surface area contributed by atoms with Crippen LogP contribution in [0.25, 0.3) is 0 Å². The van der Waals surface area contributed by atoms with E-state index in [9.17, 15) is 9.59 Å². The number of carboxylic acids is 1. The van der Waals surface area contributed by atoms with Crippen molar-refractivity contribution < 1.29 is 14.7 Å². The first-order chi connectivity index (χ1) is 10.6. The smallest absolute Gasteiger partial charge is 0.315 e. The van der Waals surface area contributed by atoms with E-state index in [1.807, 2.05) is 18.2 Å². The molecule has 0 bridgehead atoms. The molecule has 1 aliphatic carbocycles. The number of carboxylic acid groups (broad SMARTS) is 1. The first kappa shape index (κ1) is 16.3. The van der Waals surface area contributed by atoms with Gasteiger partial charge in [0.1, 0.15) is 0 Å². The SMILES string of the molecule is O=C(NCCCc1ccccn1)NC1CCC(C(=O)O)CC1. The van der Waals surface area contributed by atoms with Gasteiger partial charge in [-0.05, 0) is 50.7 Å². The highest BCUT2D eigenvalue weighted by Gasteiger charge is 2.26. The number of aliphatic carboxylic acids is 1. The Morgan fingerprint density at radius 1 is 1.23 bits per heavy atom. The van der Waals surface area contributed by atoms with Crippen LogP contribution in [0.1, 0.15) is 37.8 Å². The maximum absolute atomic E-state index is 11.8. The largest absolute Gasteiger partial charge is 0.481 e. The highest BCUT2D eigenvalue weighted by atomic mass is 16.4. The summed E-state index contributed by atoms with van der Waals surface area (Å²) in [5.41, 5.74) is 1.02. The molecule has 0 aromatic carbocycles. The van der Waals surface area contributed by atoms with Gasteiger partial charge in [-0.1, -0.05) is 6.07 Å². The van der Waals surface area contributed by atoms with Gasteiger partial charge in [0, 0.05) is 24.5 Å². The molecular weight excluding hydrogens is 282 g/mol. The summed E-state index contributed by atoms with van der Waals surface area (Å²) >= 11 is 0. The summed E-state index contributed by atoms with van der Waals surface area (Å²) in [6, 6.07) is 5.73. The zero-order chi connectivity index (χ0) is 15.8. The Morgan fingerprint density at radius 2 is 2.00 bits per heavy atom. The molecule has 0 unspecified atom stereocenters. The maximum Gasteiger partial charge on any atom is 0.315 e. The second kappa shape index (κ2) is 8.36. The minimum atomic E-state index is -0.725. The van der Waals surface area contributed by atoms with Crippen LogP contribution in [0.15, 0.2) is 24.4 Å². The number of hydrogen-bond acceptors (Lipinski definition) is 3. The number of carbonyl (C=O) groups excluding carboxylic acids is 1. The molecule has 0 saturated heterocycles. The first-order valence-electron chi connectivity index (χ1n) is 7.82. The number of pyridine rings is 1. The molecule has 6 heteroatoms. The van der Waals surface area contributed by atoms with Crippen molar-refractivity contribution in [3.05, 3.63) is 30.1 Å². The zero-order valence-electron chi connectivity index (χ0n) is 12.6. The van der Waals surface area contributed by atoms with E-state index in [0.29, 0.717) is 19.4 Å². The van der Waals surface area contributed by atoms with E-state index in [1.165, 1.54) is 0 Å². The highest BCUT2D eigenvalue weighted by molar-refractivity contribution is 5.74. The Bertz CT molecular complexity index is 485. The number of amides is 2. The molecule has 0 aliphatic heterocycles. The van der Waals surface area contributed by atoms with Gasteiger partial charge in [0.2, 0.25) is 0 Å². The van der Waals surface area contributed by atoms with Crippen LogP contribution in [0.2, 0.25) is 0 Å².